The molecule has 2 rings (SSSR count). The van der Waals surface area contributed by atoms with Gasteiger partial charge < -0.3 is 15.4 Å². The zero-order valence-corrected chi connectivity index (χ0v) is 18.6. The van der Waals surface area contributed by atoms with Gasteiger partial charge in [0.2, 0.25) is 5.91 Å². The Morgan fingerprint density at radius 1 is 1.14 bits per heavy atom. The molecule has 2 amide bonds. The number of hydrogen-bond donors (Lipinski definition) is 2. The fourth-order valence-electron chi connectivity index (χ4n) is 3.71. The van der Waals surface area contributed by atoms with E-state index < -0.39 is 6.04 Å². The number of ether oxygens (including phenoxy) is 1. The van der Waals surface area contributed by atoms with Crippen LogP contribution < -0.4 is 15.4 Å². The minimum atomic E-state index is -0.602. The van der Waals surface area contributed by atoms with Crippen LogP contribution in [0.1, 0.15) is 64.2 Å². The van der Waals surface area contributed by atoms with Crippen molar-refractivity contribution in [1.29, 1.82) is 0 Å². The van der Waals surface area contributed by atoms with Crippen LogP contribution in [0.3, 0.4) is 0 Å². The van der Waals surface area contributed by atoms with Gasteiger partial charge in [-0.05, 0) is 64.8 Å². The van der Waals surface area contributed by atoms with Crippen molar-refractivity contribution >= 4 is 11.8 Å². The minimum absolute atomic E-state index is 0.0312. The van der Waals surface area contributed by atoms with Gasteiger partial charge in [0.1, 0.15) is 11.8 Å². The number of carbonyl (C=O) groups excluding carboxylic acids is 2. The fourth-order valence-corrected chi connectivity index (χ4v) is 3.71. The predicted octanol–water partition coefficient (Wildman–Crippen LogP) is 3.22. The standard InChI is InChI=1S/C23H37N3O3/c1-6-29-19-13-9-8-12-18(19)21(27)25-20(17(2)3)22(28)24-16-23(4,5)26-14-10-7-11-15-26/h8-9,12-13,17,20H,6-7,10-11,14-16H2,1-5H3,(H,24,28)(H,25,27). The van der Waals surface area contributed by atoms with Crippen molar-refractivity contribution in [1.82, 2.24) is 15.5 Å². The molecule has 1 atom stereocenters. The number of rotatable bonds is 9. The lowest BCUT2D eigenvalue weighted by Gasteiger charge is -2.41. The predicted molar refractivity (Wildman–Crippen MR) is 116 cm³/mol. The first kappa shape index (κ1) is 23.2. The van der Waals surface area contributed by atoms with E-state index in [0.717, 1.165) is 13.1 Å². The van der Waals surface area contributed by atoms with Crippen LogP contribution in [0.2, 0.25) is 0 Å². The molecule has 1 heterocycles. The highest BCUT2D eigenvalue weighted by atomic mass is 16.5. The number of benzene rings is 1. The summed E-state index contributed by atoms with van der Waals surface area (Å²) in [6, 6.07) is 6.51. The van der Waals surface area contributed by atoms with Crippen molar-refractivity contribution < 1.29 is 14.3 Å². The van der Waals surface area contributed by atoms with Crippen LogP contribution in [-0.4, -0.2) is 54.5 Å². The lowest BCUT2D eigenvalue weighted by atomic mass is 9.97. The Hall–Kier alpha value is -2.08. The maximum atomic E-state index is 12.9. The molecule has 2 N–H and O–H groups in total. The molecule has 0 radical (unpaired) electrons. The van der Waals surface area contributed by atoms with E-state index in [2.05, 4.69) is 29.4 Å². The molecule has 0 aromatic heterocycles. The molecule has 0 bridgehead atoms. The molecule has 1 aromatic carbocycles. The Kier molecular flexibility index (Phi) is 8.50. The fraction of sp³-hybridized carbons (Fsp3) is 0.652. The van der Waals surface area contributed by atoms with Gasteiger partial charge in [-0.25, -0.2) is 0 Å². The number of nitrogens with one attached hydrogen (secondary N) is 2. The number of hydrogen-bond acceptors (Lipinski definition) is 4. The van der Waals surface area contributed by atoms with Gasteiger partial charge in [-0.2, -0.15) is 0 Å². The molecule has 0 spiro atoms. The van der Waals surface area contributed by atoms with Gasteiger partial charge in [0.25, 0.3) is 5.91 Å². The van der Waals surface area contributed by atoms with E-state index in [4.69, 9.17) is 4.74 Å². The Morgan fingerprint density at radius 2 is 1.79 bits per heavy atom. The van der Waals surface area contributed by atoms with Crippen LogP contribution in [0.25, 0.3) is 0 Å². The summed E-state index contributed by atoms with van der Waals surface area (Å²) in [5, 5.41) is 5.97. The van der Waals surface area contributed by atoms with Crippen molar-refractivity contribution in [3.05, 3.63) is 29.8 Å². The Labute approximate surface area is 175 Å². The molecule has 162 valence electrons. The number of carbonyl (C=O) groups is 2. The normalized spacial score (nSPS) is 16.3. The van der Waals surface area contributed by atoms with Crippen LogP contribution in [0.5, 0.6) is 5.75 Å². The molecule has 0 aliphatic carbocycles. The Balaban J connectivity index is 2.01. The van der Waals surface area contributed by atoms with Gasteiger partial charge in [-0.15, -0.1) is 0 Å². The maximum Gasteiger partial charge on any atom is 0.255 e. The third-order valence-electron chi connectivity index (χ3n) is 5.57. The second-order valence-electron chi connectivity index (χ2n) is 8.70. The van der Waals surface area contributed by atoms with Crippen LogP contribution in [0.15, 0.2) is 24.3 Å². The highest BCUT2D eigenvalue weighted by Crippen LogP contribution is 2.21. The summed E-state index contributed by atoms with van der Waals surface area (Å²) in [5.41, 5.74) is 0.338. The summed E-state index contributed by atoms with van der Waals surface area (Å²) in [4.78, 5) is 28.2. The van der Waals surface area contributed by atoms with Crippen molar-refractivity contribution in [2.75, 3.05) is 26.2 Å². The molecule has 6 nitrogen and oxygen atoms in total. The van der Waals surface area contributed by atoms with Gasteiger partial charge >= 0.3 is 0 Å². The molecule has 1 aliphatic heterocycles. The SMILES string of the molecule is CCOc1ccccc1C(=O)NC(C(=O)NCC(C)(C)N1CCCCC1)C(C)C. The summed E-state index contributed by atoms with van der Waals surface area (Å²) in [6.45, 7) is 13.3. The molecule has 1 saturated heterocycles. The first-order chi connectivity index (χ1) is 13.8. The summed E-state index contributed by atoms with van der Waals surface area (Å²) >= 11 is 0. The topological polar surface area (TPSA) is 70.7 Å². The summed E-state index contributed by atoms with van der Waals surface area (Å²) in [6.07, 6.45) is 3.70. The number of amides is 2. The molecular formula is C23H37N3O3. The van der Waals surface area contributed by atoms with Crippen LogP contribution in [0.4, 0.5) is 0 Å². The number of nitrogens with zero attached hydrogens (tertiary/aromatic N) is 1. The van der Waals surface area contributed by atoms with Crippen LogP contribution in [-0.2, 0) is 4.79 Å². The van der Waals surface area contributed by atoms with Gasteiger partial charge in [-0.1, -0.05) is 32.4 Å². The zero-order chi connectivity index (χ0) is 21.4. The molecule has 29 heavy (non-hydrogen) atoms. The van der Waals surface area contributed by atoms with Crippen molar-refractivity contribution in [3.8, 4) is 5.75 Å². The summed E-state index contributed by atoms with van der Waals surface area (Å²) in [7, 11) is 0. The molecule has 1 aromatic rings. The lowest BCUT2D eigenvalue weighted by molar-refractivity contribution is -0.124. The third-order valence-corrected chi connectivity index (χ3v) is 5.57. The lowest BCUT2D eigenvalue weighted by Crippen LogP contribution is -2.57. The molecule has 1 aliphatic rings. The van der Waals surface area contributed by atoms with Gasteiger partial charge in [0.15, 0.2) is 0 Å². The average molecular weight is 404 g/mol. The van der Waals surface area contributed by atoms with Crippen LogP contribution in [0, 0.1) is 5.92 Å². The maximum absolute atomic E-state index is 12.9. The zero-order valence-electron chi connectivity index (χ0n) is 18.6. The number of para-hydroxylation sites is 1. The minimum Gasteiger partial charge on any atom is -0.493 e. The highest BCUT2D eigenvalue weighted by Gasteiger charge is 2.31. The van der Waals surface area contributed by atoms with Gasteiger partial charge in [0.05, 0.1) is 12.2 Å². The van der Waals surface area contributed by atoms with Crippen molar-refractivity contribution in [3.63, 3.8) is 0 Å². The average Bonchev–Trinajstić information content (AvgIpc) is 2.71. The molecule has 6 heteroatoms. The largest absolute Gasteiger partial charge is 0.493 e. The van der Waals surface area contributed by atoms with Crippen LogP contribution >= 0.6 is 0 Å². The Bertz CT molecular complexity index is 682. The second kappa shape index (κ2) is 10.6. The van der Waals surface area contributed by atoms with Gasteiger partial charge in [-0.3, -0.25) is 14.5 Å². The summed E-state index contributed by atoms with van der Waals surface area (Å²) in [5.74, 6) is 0.0588. The molecule has 1 unspecified atom stereocenters. The quantitative estimate of drug-likeness (QED) is 0.664. The van der Waals surface area contributed by atoms with E-state index in [9.17, 15) is 9.59 Å². The molecular weight excluding hydrogens is 366 g/mol. The molecule has 0 saturated carbocycles. The van der Waals surface area contributed by atoms with Crippen molar-refractivity contribution in [2.45, 2.75) is 65.5 Å². The Morgan fingerprint density at radius 3 is 2.41 bits per heavy atom. The highest BCUT2D eigenvalue weighted by molar-refractivity contribution is 5.99. The monoisotopic (exact) mass is 403 g/mol. The summed E-state index contributed by atoms with van der Waals surface area (Å²) < 4.78 is 5.55. The first-order valence-electron chi connectivity index (χ1n) is 10.8. The second-order valence-corrected chi connectivity index (χ2v) is 8.70. The van der Waals surface area contributed by atoms with E-state index in [0.29, 0.717) is 24.5 Å². The van der Waals surface area contributed by atoms with E-state index in [-0.39, 0.29) is 23.3 Å². The van der Waals surface area contributed by atoms with Crippen molar-refractivity contribution in [2.24, 2.45) is 5.92 Å². The van der Waals surface area contributed by atoms with E-state index in [1.54, 1.807) is 18.2 Å². The van der Waals surface area contributed by atoms with E-state index in [1.165, 1.54) is 19.3 Å². The number of piperidine rings is 1. The first-order valence-corrected chi connectivity index (χ1v) is 10.8. The van der Waals surface area contributed by atoms with Gasteiger partial charge in [0, 0.05) is 12.1 Å². The molecule has 1 fully saturated rings. The smallest absolute Gasteiger partial charge is 0.255 e. The van der Waals surface area contributed by atoms with E-state index in [1.807, 2.05) is 26.8 Å². The number of likely N-dealkylation sites (tertiary alicyclic amines) is 1. The van der Waals surface area contributed by atoms with E-state index >= 15 is 0 Å². The third kappa shape index (κ3) is 6.46.